The third-order valence-corrected chi connectivity index (χ3v) is 5.56. The van der Waals surface area contributed by atoms with E-state index in [-0.39, 0.29) is 12.1 Å². The first-order valence-corrected chi connectivity index (χ1v) is 7.83. The molecule has 0 fully saturated rings. The molecule has 19 heavy (non-hydrogen) atoms. The van der Waals surface area contributed by atoms with Gasteiger partial charge in [0.05, 0.1) is 12.2 Å². The lowest BCUT2D eigenvalue weighted by Crippen LogP contribution is -2.52. The molecule has 1 heterocycles. The normalized spacial score (nSPS) is 19.9. The Hall–Kier alpha value is -1.11. The van der Waals surface area contributed by atoms with Crippen molar-refractivity contribution in [2.24, 2.45) is 5.73 Å². The van der Waals surface area contributed by atoms with Crippen LogP contribution in [0.1, 0.15) is 19.4 Å². The molecule has 5 nitrogen and oxygen atoms in total. The van der Waals surface area contributed by atoms with Crippen molar-refractivity contribution >= 4 is 15.9 Å². The predicted octanol–water partition coefficient (Wildman–Crippen LogP) is 0.961. The average molecular weight is 283 g/mol. The van der Waals surface area contributed by atoms with E-state index in [1.54, 1.807) is 7.05 Å². The number of nitrogens with zero attached hydrogens (tertiary/aromatic N) is 2. The van der Waals surface area contributed by atoms with Gasteiger partial charge in [-0.2, -0.15) is 12.7 Å². The van der Waals surface area contributed by atoms with Crippen molar-refractivity contribution in [2.75, 3.05) is 17.9 Å². The highest BCUT2D eigenvalue weighted by molar-refractivity contribution is 7.90. The molecule has 106 valence electrons. The summed E-state index contributed by atoms with van der Waals surface area (Å²) in [7, 11) is -1.92. The Bertz CT molecular complexity index is 557. The maximum absolute atomic E-state index is 12.6. The zero-order chi connectivity index (χ0) is 14.2. The molecule has 0 radical (unpaired) electrons. The van der Waals surface area contributed by atoms with Gasteiger partial charge in [0.25, 0.3) is 0 Å². The van der Waals surface area contributed by atoms with Gasteiger partial charge in [-0.3, -0.25) is 4.31 Å². The zero-order valence-corrected chi connectivity index (χ0v) is 12.4. The van der Waals surface area contributed by atoms with Crippen molar-refractivity contribution in [3.63, 3.8) is 0 Å². The van der Waals surface area contributed by atoms with E-state index in [2.05, 4.69) is 0 Å². The minimum Gasteiger partial charge on any atom is -0.326 e. The molecular formula is C13H21N3O2S. The summed E-state index contributed by atoms with van der Waals surface area (Å²) in [6.45, 7) is 4.04. The van der Waals surface area contributed by atoms with E-state index in [0.29, 0.717) is 13.0 Å². The lowest BCUT2D eigenvalue weighted by molar-refractivity contribution is 0.406. The van der Waals surface area contributed by atoms with Crippen LogP contribution < -0.4 is 10.0 Å². The summed E-state index contributed by atoms with van der Waals surface area (Å²) in [6.07, 6.45) is 0.716. The number of hydrogen-bond acceptors (Lipinski definition) is 3. The first kappa shape index (κ1) is 14.3. The van der Waals surface area contributed by atoms with Gasteiger partial charge in [-0.15, -0.1) is 0 Å². The molecule has 0 aliphatic carbocycles. The van der Waals surface area contributed by atoms with Crippen LogP contribution in [0.25, 0.3) is 0 Å². The van der Waals surface area contributed by atoms with Crippen LogP contribution in [0.5, 0.6) is 0 Å². The second-order valence-corrected chi connectivity index (χ2v) is 7.15. The van der Waals surface area contributed by atoms with E-state index in [1.165, 1.54) is 8.61 Å². The molecule has 6 heteroatoms. The van der Waals surface area contributed by atoms with E-state index in [1.807, 2.05) is 38.1 Å². The maximum Gasteiger partial charge on any atom is 0.304 e. The third kappa shape index (κ3) is 2.61. The van der Waals surface area contributed by atoms with E-state index >= 15 is 0 Å². The molecule has 0 amide bonds. The average Bonchev–Trinajstić information content (AvgIpc) is 2.36. The van der Waals surface area contributed by atoms with Gasteiger partial charge in [0.15, 0.2) is 0 Å². The minimum atomic E-state index is -3.52. The smallest absolute Gasteiger partial charge is 0.304 e. The molecular weight excluding hydrogens is 262 g/mol. The molecule has 1 aromatic carbocycles. The van der Waals surface area contributed by atoms with Gasteiger partial charge in [-0.25, -0.2) is 0 Å². The number of anilines is 1. The zero-order valence-electron chi connectivity index (χ0n) is 11.6. The van der Waals surface area contributed by atoms with Gasteiger partial charge < -0.3 is 5.73 Å². The van der Waals surface area contributed by atoms with Crippen molar-refractivity contribution < 1.29 is 8.42 Å². The van der Waals surface area contributed by atoms with Gasteiger partial charge >= 0.3 is 10.2 Å². The fourth-order valence-electron chi connectivity index (χ4n) is 2.23. The molecule has 0 aromatic heterocycles. The largest absolute Gasteiger partial charge is 0.326 e. The Labute approximate surface area is 115 Å². The molecule has 2 rings (SSSR count). The predicted molar refractivity (Wildman–Crippen MR) is 77.3 cm³/mol. The number of rotatable bonds is 3. The number of para-hydroxylation sites is 1. The summed E-state index contributed by atoms with van der Waals surface area (Å²) in [4.78, 5) is 0. The van der Waals surface area contributed by atoms with Crippen LogP contribution in [-0.4, -0.2) is 38.4 Å². The quantitative estimate of drug-likeness (QED) is 0.898. The lowest BCUT2D eigenvalue weighted by atomic mass is 10.0. The standard InChI is InChI=1S/C13H21N3O2S/c1-10(2)15(3)19(17,18)16-9-12(14)8-11-6-4-5-7-13(11)16/h4-7,10,12H,8-9,14H2,1-3H3. The van der Waals surface area contributed by atoms with Gasteiger partial charge in [-0.1, -0.05) is 18.2 Å². The Morgan fingerprint density at radius 3 is 2.63 bits per heavy atom. The summed E-state index contributed by atoms with van der Waals surface area (Å²) in [5.74, 6) is 0. The summed E-state index contributed by atoms with van der Waals surface area (Å²) in [6, 6.07) is 7.29. The van der Waals surface area contributed by atoms with Crippen LogP contribution >= 0.6 is 0 Å². The van der Waals surface area contributed by atoms with Gasteiger partial charge in [0.1, 0.15) is 0 Å². The number of nitrogens with two attached hydrogens (primary N) is 1. The van der Waals surface area contributed by atoms with Crippen molar-refractivity contribution in [1.82, 2.24) is 4.31 Å². The highest BCUT2D eigenvalue weighted by Gasteiger charge is 2.34. The maximum atomic E-state index is 12.6. The van der Waals surface area contributed by atoms with E-state index in [4.69, 9.17) is 5.73 Å². The van der Waals surface area contributed by atoms with Gasteiger partial charge in [0, 0.05) is 19.1 Å². The molecule has 1 aliphatic rings. The Balaban J connectivity index is 2.46. The number of benzene rings is 1. The molecule has 0 saturated heterocycles. The first-order chi connectivity index (χ1) is 8.84. The second-order valence-electron chi connectivity index (χ2n) is 5.24. The molecule has 1 atom stereocenters. The van der Waals surface area contributed by atoms with Crippen molar-refractivity contribution in [2.45, 2.75) is 32.4 Å². The van der Waals surface area contributed by atoms with Crippen LogP contribution in [0.3, 0.4) is 0 Å². The lowest BCUT2D eigenvalue weighted by Gasteiger charge is -2.37. The molecule has 0 saturated carbocycles. The Morgan fingerprint density at radius 2 is 2.00 bits per heavy atom. The van der Waals surface area contributed by atoms with Crippen molar-refractivity contribution in [1.29, 1.82) is 0 Å². The monoisotopic (exact) mass is 283 g/mol. The highest BCUT2D eigenvalue weighted by atomic mass is 32.2. The SMILES string of the molecule is CC(C)N(C)S(=O)(=O)N1CC(N)Cc2ccccc21. The molecule has 2 N–H and O–H groups in total. The molecule has 1 aromatic rings. The van der Waals surface area contributed by atoms with Crippen LogP contribution in [0, 0.1) is 0 Å². The summed E-state index contributed by atoms with van der Waals surface area (Å²) in [5, 5.41) is 0. The van der Waals surface area contributed by atoms with Crippen molar-refractivity contribution in [3.8, 4) is 0 Å². The summed E-state index contributed by atoms with van der Waals surface area (Å²) >= 11 is 0. The van der Waals surface area contributed by atoms with E-state index in [0.717, 1.165) is 11.3 Å². The minimum absolute atomic E-state index is 0.0877. The van der Waals surface area contributed by atoms with E-state index < -0.39 is 10.2 Å². The van der Waals surface area contributed by atoms with Crippen LogP contribution in [0.4, 0.5) is 5.69 Å². The fraction of sp³-hybridized carbons (Fsp3) is 0.538. The van der Waals surface area contributed by atoms with Crippen LogP contribution in [0.15, 0.2) is 24.3 Å². The first-order valence-electron chi connectivity index (χ1n) is 6.43. The molecule has 0 bridgehead atoms. The molecule has 0 spiro atoms. The number of hydrogen-bond donors (Lipinski definition) is 1. The fourth-order valence-corrected chi connectivity index (χ4v) is 3.88. The van der Waals surface area contributed by atoms with Crippen LogP contribution in [-0.2, 0) is 16.6 Å². The summed E-state index contributed by atoms with van der Waals surface area (Å²) in [5.41, 5.74) is 7.72. The second kappa shape index (κ2) is 5.11. The Kier molecular flexibility index (Phi) is 3.85. The summed E-state index contributed by atoms with van der Waals surface area (Å²) < 4.78 is 28.1. The van der Waals surface area contributed by atoms with Gasteiger partial charge in [0.2, 0.25) is 0 Å². The van der Waals surface area contributed by atoms with E-state index in [9.17, 15) is 8.42 Å². The third-order valence-electron chi connectivity index (χ3n) is 3.51. The topological polar surface area (TPSA) is 66.6 Å². The molecule has 1 aliphatic heterocycles. The van der Waals surface area contributed by atoms with Gasteiger partial charge in [-0.05, 0) is 31.9 Å². The van der Waals surface area contributed by atoms with Crippen molar-refractivity contribution in [3.05, 3.63) is 29.8 Å². The number of fused-ring (bicyclic) bond motifs is 1. The highest BCUT2D eigenvalue weighted by Crippen LogP contribution is 2.29. The molecule has 1 unspecified atom stereocenters. The Morgan fingerprint density at radius 1 is 1.37 bits per heavy atom. The van der Waals surface area contributed by atoms with Crippen LogP contribution in [0.2, 0.25) is 0 Å².